The van der Waals surface area contributed by atoms with Gasteiger partial charge in [-0.2, -0.15) is 0 Å². The molecule has 4 N–H and O–H groups in total. The Morgan fingerprint density at radius 2 is 1.89 bits per heavy atom. The van der Waals surface area contributed by atoms with E-state index in [1.165, 1.54) is 17.8 Å². The summed E-state index contributed by atoms with van der Waals surface area (Å²) in [6.45, 7) is 0.349. The second-order valence-corrected chi connectivity index (χ2v) is 9.52. The number of halogens is 3. The molecule has 1 aliphatic rings. The van der Waals surface area contributed by atoms with Crippen molar-refractivity contribution in [2.75, 3.05) is 18.5 Å². The molecule has 1 aliphatic heterocycles. The molecule has 1 fully saturated rings. The summed E-state index contributed by atoms with van der Waals surface area (Å²) in [5.74, 6) is -4.64. The summed E-state index contributed by atoms with van der Waals surface area (Å²) in [6.07, 6.45) is -0.921. The second kappa shape index (κ2) is 10.6. The Hall–Kier alpha value is -2.97. The number of nitrogens with zero attached hydrogens (tertiary/aromatic N) is 3. The Kier molecular flexibility index (Phi) is 7.66. The maximum atomic E-state index is 13.7. The molecule has 0 radical (unpaired) electrons. The van der Waals surface area contributed by atoms with Gasteiger partial charge in [-0.05, 0) is 36.4 Å². The average molecular weight is 525 g/mol. The maximum Gasteiger partial charge on any atom is 0.221 e. The van der Waals surface area contributed by atoms with Crippen molar-refractivity contribution >= 4 is 23.4 Å². The fraction of sp³-hybridized carbons (Fsp3) is 0.348. The summed E-state index contributed by atoms with van der Waals surface area (Å²) < 4.78 is 47.8. The topological polar surface area (TPSA) is 130 Å². The lowest BCUT2D eigenvalue weighted by Crippen LogP contribution is -2.60. The number of benzene rings is 2. The van der Waals surface area contributed by atoms with Gasteiger partial charge in [-0.15, -0.1) is 5.10 Å². The van der Waals surface area contributed by atoms with Crippen LogP contribution in [0.15, 0.2) is 47.5 Å². The number of carbonyl (C=O) groups excluding carboxylic acids is 1. The van der Waals surface area contributed by atoms with Gasteiger partial charge >= 0.3 is 0 Å². The van der Waals surface area contributed by atoms with Gasteiger partial charge in [0.2, 0.25) is 5.91 Å². The molecule has 3 aromatic rings. The molecule has 0 spiro atoms. The van der Waals surface area contributed by atoms with Crippen LogP contribution in [0, 0.1) is 17.5 Å². The Labute approximate surface area is 207 Å². The minimum atomic E-state index is -1.62. The predicted octanol–water partition coefficient (Wildman–Crippen LogP) is 2.27. The van der Waals surface area contributed by atoms with E-state index in [0.717, 1.165) is 23.9 Å². The van der Waals surface area contributed by atoms with E-state index in [2.05, 4.69) is 15.6 Å². The molecule has 1 saturated heterocycles. The fourth-order valence-electron chi connectivity index (χ4n) is 4.01. The van der Waals surface area contributed by atoms with Crippen LogP contribution in [0.3, 0.4) is 0 Å². The number of aliphatic hydroxyl groups excluding tert-OH is 3. The first-order valence-electron chi connectivity index (χ1n) is 10.8. The highest BCUT2D eigenvalue weighted by Gasteiger charge is 2.51. The van der Waals surface area contributed by atoms with E-state index in [1.54, 1.807) is 24.3 Å². The molecule has 0 aliphatic carbocycles. The molecule has 2 aromatic carbocycles. The minimum absolute atomic E-state index is 0.0161. The van der Waals surface area contributed by atoms with Gasteiger partial charge in [-0.25, -0.2) is 17.9 Å². The lowest BCUT2D eigenvalue weighted by Gasteiger charge is -2.46. The Balaban J connectivity index is 1.63. The summed E-state index contributed by atoms with van der Waals surface area (Å²) in [7, 11) is 0. The van der Waals surface area contributed by atoms with Gasteiger partial charge in [-0.1, -0.05) is 17.0 Å². The summed E-state index contributed by atoms with van der Waals surface area (Å²) in [6, 6.07) is 8.29. The van der Waals surface area contributed by atoms with Crippen LogP contribution < -0.4 is 5.32 Å². The summed E-state index contributed by atoms with van der Waals surface area (Å²) >= 11 is 1.13. The van der Waals surface area contributed by atoms with Crippen molar-refractivity contribution in [1.29, 1.82) is 0 Å². The quantitative estimate of drug-likeness (QED) is 0.347. The molecule has 2 heterocycles. The van der Waals surface area contributed by atoms with Crippen molar-refractivity contribution < 1.29 is 38.0 Å². The van der Waals surface area contributed by atoms with Crippen LogP contribution in [0.1, 0.15) is 13.3 Å². The number of ether oxygens (including phenoxy) is 1. The van der Waals surface area contributed by atoms with Crippen molar-refractivity contribution in [2.45, 2.75) is 41.4 Å². The van der Waals surface area contributed by atoms with Gasteiger partial charge in [0.05, 0.1) is 25.5 Å². The van der Waals surface area contributed by atoms with E-state index >= 15 is 0 Å². The van der Waals surface area contributed by atoms with Crippen molar-refractivity contribution in [2.24, 2.45) is 0 Å². The van der Waals surface area contributed by atoms with E-state index < -0.39 is 53.8 Å². The van der Waals surface area contributed by atoms with Crippen LogP contribution >= 0.6 is 11.8 Å². The third-order valence-electron chi connectivity index (χ3n) is 5.85. The molecule has 36 heavy (non-hydrogen) atoms. The first kappa shape index (κ1) is 26.1. The molecule has 192 valence electrons. The van der Waals surface area contributed by atoms with Gasteiger partial charge in [0.1, 0.15) is 22.8 Å². The molecule has 1 amide bonds. The highest BCUT2D eigenvalue weighted by Crippen LogP contribution is 2.42. The number of amides is 1. The maximum absolute atomic E-state index is 13.7. The molecular formula is C23H23F3N4O5S. The number of carbonyl (C=O) groups is 1. The number of rotatable bonds is 7. The highest BCUT2D eigenvalue weighted by atomic mass is 32.2. The van der Waals surface area contributed by atoms with Crippen molar-refractivity contribution in [3.8, 4) is 11.3 Å². The van der Waals surface area contributed by atoms with Crippen LogP contribution in [-0.2, 0) is 15.1 Å². The molecule has 4 rings (SSSR count). The Morgan fingerprint density at radius 3 is 2.47 bits per heavy atom. The SMILES string of the molecule is CC(=O)Nc1ccc(S[C@H]2OC(CO)CC(CO)(n3cc(-c4cc(F)c(F)c(F)c4)nn3)C2O)cc1. The number of aliphatic hydroxyl groups is 3. The zero-order valence-electron chi connectivity index (χ0n) is 18.9. The second-order valence-electron chi connectivity index (χ2n) is 8.35. The van der Waals surface area contributed by atoms with Crippen LogP contribution in [0.25, 0.3) is 11.3 Å². The lowest BCUT2D eigenvalue weighted by atomic mass is 9.85. The minimum Gasteiger partial charge on any atom is -0.394 e. The van der Waals surface area contributed by atoms with E-state index in [4.69, 9.17) is 4.74 Å². The smallest absolute Gasteiger partial charge is 0.221 e. The summed E-state index contributed by atoms with van der Waals surface area (Å²) in [5.41, 5.74) is -1.97. The molecule has 4 atom stereocenters. The van der Waals surface area contributed by atoms with E-state index in [9.17, 15) is 33.3 Å². The first-order valence-corrected chi connectivity index (χ1v) is 11.7. The molecule has 0 bridgehead atoms. The largest absolute Gasteiger partial charge is 0.394 e. The van der Waals surface area contributed by atoms with Gasteiger partial charge < -0.3 is 25.4 Å². The summed E-state index contributed by atoms with van der Waals surface area (Å²) in [5, 5.41) is 42.0. The standard InChI is InChI=1S/C23H23F3N4O5S/c1-12(33)27-14-2-4-16(5-3-14)36-22-21(34)23(11-32,8-15(10-31)35-22)30-9-19(28-29-30)13-6-17(24)20(26)18(25)7-13/h2-7,9,15,21-22,31-32,34H,8,10-11H2,1H3,(H,27,33)/t15?,21?,22-,23?/m1/s1. The number of thioether (sulfide) groups is 1. The van der Waals surface area contributed by atoms with E-state index in [1.807, 2.05) is 0 Å². The van der Waals surface area contributed by atoms with Crippen molar-refractivity contribution in [1.82, 2.24) is 15.0 Å². The molecule has 13 heteroatoms. The third-order valence-corrected chi connectivity index (χ3v) is 7.00. The average Bonchev–Trinajstić information content (AvgIpc) is 3.35. The van der Waals surface area contributed by atoms with Crippen LogP contribution in [0.4, 0.5) is 18.9 Å². The lowest BCUT2D eigenvalue weighted by molar-refractivity contribution is -0.167. The first-order chi connectivity index (χ1) is 17.2. The predicted molar refractivity (Wildman–Crippen MR) is 123 cm³/mol. The highest BCUT2D eigenvalue weighted by molar-refractivity contribution is 7.99. The number of aromatic nitrogens is 3. The number of hydrogen-bond donors (Lipinski definition) is 4. The van der Waals surface area contributed by atoms with Crippen LogP contribution in [-0.4, -0.2) is 67.1 Å². The van der Waals surface area contributed by atoms with Gasteiger partial charge in [0, 0.05) is 29.5 Å². The van der Waals surface area contributed by atoms with E-state index in [0.29, 0.717) is 10.6 Å². The molecular weight excluding hydrogens is 501 g/mol. The van der Waals surface area contributed by atoms with Crippen molar-refractivity contribution in [3.63, 3.8) is 0 Å². The normalized spacial score (nSPS) is 24.0. The Morgan fingerprint density at radius 1 is 1.22 bits per heavy atom. The Bertz CT molecular complexity index is 1220. The van der Waals surface area contributed by atoms with Gasteiger partial charge in [0.15, 0.2) is 17.5 Å². The summed E-state index contributed by atoms with van der Waals surface area (Å²) in [4.78, 5) is 11.9. The van der Waals surface area contributed by atoms with Gasteiger partial charge in [-0.3, -0.25) is 4.79 Å². The number of nitrogens with one attached hydrogen (secondary N) is 1. The zero-order valence-corrected chi connectivity index (χ0v) is 19.8. The van der Waals surface area contributed by atoms with Crippen molar-refractivity contribution in [3.05, 3.63) is 60.0 Å². The van der Waals surface area contributed by atoms with Crippen LogP contribution in [0.5, 0.6) is 0 Å². The van der Waals surface area contributed by atoms with Gasteiger partial charge in [0.25, 0.3) is 0 Å². The fourth-order valence-corrected chi connectivity index (χ4v) is 5.17. The number of anilines is 1. The zero-order chi connectivity index (χ0) is 26.0. The monoisotopic (exact) mass is 524 g/mol. The molecule has 1 aromatic heterocycles. The molecule has 9 nitrogen and oxygen atoms in total. The van der Waals surface area contributed by atoms with Crippen LogP contribution in [0.2, 0.25) is 0 Å². The third kappa shape index (κ3) is 5.11. The molecule has 3 unspecified atom stereocenters. The van der Waals surface area contributed by atoms with E-state index in [-0.39, 0.29) is 23.6 Å². The number of hydrogen-bond acceptors (Lipinski definition) is 8. The molecule has 0 saturated carbocycles.